The Morgan fingerprint density at radius 3 is 2.74 bits per heavy atom. The topological polar surface area (TPSA) is 76.9 Å². The van der Waals surface area contributed by atoms with Crippen LogP contribution in [0.1, 0.15) is 17.0 Å². The Kier molecular flexibility index (Phi) is 3.95. The quantitative estimate of drug-likeness (QED) is 0.667. The molecule has 0 aliphatic heterocycles. The Morgan fingerprint density at radius 1 is 1.47 bits per heavy atom. The predicted molar refractivity (Wildman–Crippen MR) is 80.6 cm³/mol. The van der Waals surface area contributed by atoms with Gasteiger partial charge in [-0.3, -0.25) is 4.68 Å². The van der Waals surface area contributed by atoms with Crippen LogP contribution in [0.25, 0.3) is 0 Å². The van der Waals surface area contributed by atoms with E-state index < -0.39 is 0 Å². The molecule has 1 heterocycles. The molecule has 5 nitrogen and oxygen atoms in total. The third-order valence-electron chi connectivity index (χ3n) is 2.66. The molecular weight excluding hydrogens is 355 g/mol. The lowest BCUT2D eigenvalue weighted by Crippen LogP contribution is -2.05. The number of rotatable bonds is 3. The van der Waals surface area contributed by atoms with Gasteiger partial charge in [0.05, 0.1) is 32.3 Å². The number of ether oxygens (including phenoxy) is 1. The average Bonchev–Trinajstić information content (AvgIpc) is 2.66. The van der Waals surface area contributed by atoms with Gasteiger partial charge in [-0.05, 0) is 47.7 Å². The second-order valence-electron chi connectivity index (χ2n) is 4.18. The maximum atomic E-state index is 8.86. The highest BCUT2D eigenvalue weighted by molar-refractivity contribution is 14.1. The number of benzene rings is 1. The summed E-state index contributed by atoms with van der Waals surface area (Å²) >= 11 is 2.11. The van der Waals surface area contributed by atoms with Gasteiger partial charge < -0.3 is 10.5 Å². The van der Waals surface area contributed by atoms with E-state index >= 15 is 0 Å². The summed E-state index contributed by atoms with van der Waals surface area (Å²) in [5, 5.41) is 13.1. The summed E-state index contributed by atoms with van der Waals surface area (Å²) in [5.41, 5.74) is 8.83. The zero-order valence-corrected chi connectivity index (χ0v) is 12.8. The first-order chi connectivity index (χ1) is 9.01. The second-order valence-corrected chi connectivity index (χ2v) is 5.34. The van der Waals surface area contributed by atoms with Crippen LogP contribution < -0.4 is 10.5 Å². The monoisotopic (exact) mass is 368 g/mol. The van der Waals surface area contributed by atoms with Crippen molar-refractivity contribution in [3.8, 4) is 11.8 Å². The van der Waals surface area contributed by atoms with Gasteiger partial charge in [0, 0.05) is 7.05 Å². The summed E-state index contributed by atoms with van der Waals surface area (Å²) in [5.74, 6) is 0.610. The van der Waals surface area contributed by atoms with E-state index in [0.29, 0.717) is 23.6 Å². The maximum Gasteiger partial charge on any atom is 0.156 e. The molecule has 0 atom stereocenters. The van der Waals surface area contributed by atoms with Crippen molar-refractivity contribution in [3.05, 3.63) is 38.7 Å². The number of hydrogen-bond acceptors (Lipinski definition) is 4. The van der Waals surface area contributed by atoms with Crippen LogP contribution in [0.3, 0.4) is 0 Å². The molecule has 1 aromatic heterocycles. The van der Waals surface area contributed by atoms with E-state index in [2.05, 4.69) is 33.8 Å². The van der Waals surface area contributed by atoms with Crippen molar-refractivity contribution >= 4 is 28.3 Å². The summed E-state index contributed by atoms with van der Waals surface area (Å²) in [6, 6.07) is 7.40. The fourth-order valence-corrected chi connectivity index (χ4v) is 2.58. The van der Waals surface area contributed by atoms with Crippen molar-refractivity contribution in [2.75, 3.05) is 5.73 Å². The molecule has 0 saturated heterocycles. The summed E-state index contributed by atoms with van der Waals surface area (Å²) in [7, 11) is 1.87. The first-order valence-corrected chi connectivity index (χ1v) is 6.70. The van der Waals surface area contributed by atoms with Crippen LogP contribution in [0.2, 0.25) is 0 Å². The molecule has 0 amide bonds. The molecule has 0 radical (unpaired) electrons. The number of aryl methyl sites for hydroxylation is 2. The fourth-order valence-electron chi connectivity index (χ4n) is 1.78. The Balaban J connectivity index is 2.21. The highest BCUT2D eigenvalue weighted by Crippen LogP contribution is 2.30. The Hall–Kier alpha value is -1.75. The van der Waals surface area contributed by atoms with Gasteiger partial charge >= 0.3 is 0 Å². The van der Waals surface area contributed by atoms with E-state index in [1.54, 1.807) is 16.8 Å². The first-order valence-electron chi connectivity index (χ1n) is 5.62. The first kappa shape index (κ1) is 13.7. The minimum Gasteiger partial charge on any atom is -0.484 e. The Labute approximate surface area is 125 Å². The second kappa shape index (κ2) is 5.48. The van der Waals surface area contributed by atoms with Crippen LogP contribution in [0, 0.1) is 21.8 Å². The normalized spacial score (nSPS) is 10.2. The molecule has 0 unspecified atom stereocenters. The molecule has 2 N–H and O–H groups in total. The van der Waals surface area contributed by atoms with E-state index in [1.165, 1.54) is 0 Å². The number of hydrogen-bond donors (Lipinski definition) is 1. The lowest BCUT2D eigenvalue weighted by Gasteiger charge is -2.11. The predicted octanol–water partition coefficient (Wildman–Crippen LogP) is 2.37. The molecular formula is C13H13IN4O. The Morgan fingerprint density at radius 2 is 2.21 bits per heavy atom. The number of aromatic nitrogens is 2. The highest BCUT2D eigenvalue weighted by atomic mass is 127. The van der Waals surface area contributed by atoms with Crippen molar-refractivity contribution < 1.29 is 4.74 Å². The molecule has 0 aliphatic rings. The zero-order chi connectivity index (χ0) is 14.0. The van der Waals surface area contributed by atoms with Gasteiger partial charge in [-0.25, -0.2) is 0 Å². The minimum atomic E-state index is 0.392. The third kappa shape index (κ3) is 2.98. The number of anilines is 1. The third-order valence-corrected chi connectivity index (χ3v) is 3.47. The van der Waals surface area contributed by atoms with Crippen LogP contribution in [-0.2, 0) is 13.7 Å². The molecule has 6 heteroatoms. The number of nitrogens with zero attached hydrogens (tertiary/aromatic N) is 3. The molecule has 19 heavy (non-hydrogen) atoms. The molecule has 98 valence electrons. The molecule has 0 spiro atoms. The van der Waals surface area contributed by atoms with Crippen LogP contribution in [-0.4, -0.2) is 9.78 Å². The largest absolute Gasteiger partial charge is 0.484 e. The molecule has 2 aromatic rings. The smallest absolute Gasteiger partial charge is 0.156 e. The van der Waals surface area contributed by atoms with Gasteiger partial charge in [0.25, 0.3) is 0 Å². The van der Waals surface area contributed by atoms with Crippen molar-refractivity contribution in [3.63, 3.8) is 0 Å². The molecule has 1 aromatic carbocycles. The number of halogens is 1. The lowest BCUT2D eigenvalue weighted by molar-refractivity contribution is 0.294. The summed E-state index contributed by atoms with van der Waals surface area (Å²) in [6.07, 6.45) is 0. The van der Waals surface area contributed by atoms with E-state index in [1.807, 2.05) is 20.0 Å². The molecule has 0 fully saturated rings. The average molecular weight is 368 g/mol. The van der Waals surface area contributed by atoms with Gasteiger partial charge in [-0.1, -0.05) is 0 Å². The molecule has 2 rings (SSSR count). The van der Waals surface area contributed by atoms with Gasteiger partial charge in [-0.15, -0.1) is 0 Å². The standard InChI is InChI=1S/C13H13IN4O/c1-8-3-10(18(2)17-8)7-19-13-11(14)4-9(6-15)5-12(13)16/h3-5H,7,16H2,1-2H3. The van der Waals surface area contributed by atoms with Gasteiger partial charge in [0.2, 0.25) is 0 Å². The maximum absolute atomic E-state index is 8.86. The van der Waals surface area contributed by atoms with Crippen molar-refractivity contribution in [1.82, 2.24) is 9.78 Å². The zero-order valence-electron chi connectivity index (χ0n) is 10.6. The van der Waals surface area contributed by atoms with E-state index in [0.717, 1.165) is 15.0 Å². The molecule has 0 aliphatic carbocycles. The van der Waals surface area contributed by atoms with E-state index in [9.17, 15) is 0 Å². The number of nitriles is 1. The summed E-state index contributed by atoms with van der Waals surface area (Å²) < 4.78 is 8.35. The fraction of sp³-hybridized carbons (Fsp3) is 0.231. The number of nitrogens with two attached hydrogens (primary N) is 1. The minimum absolute atomic E-state index is 0.392. The Bertz CT molecular complexity index is 634. The SMILES string of the molecule is Cc1cc(COc2c(N)cc(C#N)cc2I)n(C)n1. The lowest BCUT2D eigenvalue weighted by atomic mass is 10.2. The van der Waals surface area contributed by atoms with E-state index in [-0.39, 0.29) is 0 Å². The van der Waals surface area contributed by atoms with Crippen molar-refractivity contribution in [2.45, 2.75) is 13.5 Å². The van der Waals surface area contributed by atoms with Crippen molar-refractivity contribution in [2.24, 2.45) is 7.05 Å². The van der Waals surface area contributed by atoms with Gasteiger partial charge in [0.1, 0.15) is 6.61 Å². The highest BCUT2D eigenvalue weighted by Gasteiger charge is 2.10. The van der Waals surface area contributed by atoms with Gasteiger partial charge in [-0.2, -0.15) is 10.4 Å². The van der Waals surface area contributed by atoms with Crippen LogP contribution in [0.5, 0.6) is 5.75 Å². The number of nitrogen functional groups attached to an aromatic ring is 1. The van der Waals surface area contributed by atoms with Crippen LogP contribution in [0.4, 0.5) is 5.69 Å². The van der Waals surface area contributed by atoms with Crippen LogP contribution in [0.15, 0.2) is 18.2 Å². The van der Waals surface area contributed by atoms with Gasteiger partial charge in [0.15, 0.2) is 5.75 Å². The molecule has 0 bridgehead atoms. The molecule has 0 saturated carbocycles. The van der Waals surface area contributed by atoms with E-state index in [4.69, 9.17) is 15.7 Å². The summed E-state index contributed by atoms with van der Waals surface area (Å²) in [6.45, 7) is 2.33. The van der Waals surface area contributed by atoms with Crippen LogP contribution >= 0.6 is 22.6 Å². The summed E-state index contributed by atoms with van der Waals surface area (Å²) in [4.78, 5) is 0. The van der Waals surface area contributed by atoms with Crippen molar-refractivity contribution in [1.29, 1.82) is 5.26 Å².